The van der Waals surface area contributed by atoms with Crippen molar-refractivity contribution in [3.05, 3.63) is 65.3 Å². The van der Waals surface area contributed by atoms with E-state index < -0.39 is 0 Å². The molecule has 0 aliphatic carbocycles. The van der Waals surface area contributed by atoms with Gasteiger partial charge in [-0.25, -0.2) is 9.97 Å². The lowest BCUT2D eigenvalue weighted by molar-refractivity contribution is 0.102. The molecule has 1 N–H and O–H groups in total. The Morgan fingerprint density at radius 1 is 1.25 bits per heavy atom. The van der Waals surface area contributed by atoms with E-state index in [2.05, 4.69) is 20.4 Å². The lowest BCUT2D eigenvalue weighted by Gasteiger charge is -2.08. The highest BCUT2D eigenvalue weighted by molar-refractivity contribution is 7.98. The molecule has 3 rings (SSSR count). The fourth-order valence-corrected chi connectivity index (χ4v) is 2.90. The predicted molar refractivity (Wildman–Crippen MR) is 92.0 cm³/mol. The van der Waals surface area contributed by atoms with E-state index in [0.29, 0.717) is 22.2 Å². The fraction of sp³-hybridized carbons (Fsp3) is 0.176. The normalized spacial score (nSPS) is 10.6. The number of anilines is 1. The van der Waals surface area contributed by atoms with Crippen molar-refractivity contribution < 1.29 is 9.32 Å². The SMILES string of the molecule is Cc1ccc(NC(=O)c2cccnc2SCc2cc(C)on2)nc1. The Balaban J connectivity index is 1.72. The van der Waals surface area contributed by atoms with Gasteiger partial charge in [0.2, 0.25) is 0 Å². The summed E-state index contributed by atoms with van der Waals surface area (Å²) >= 11 is 1.44. The minimum Gasteiger partial charge on any atom is -0.361 e. The monoisotopic (exact) mass is 340 g/mol. The first-order valence-corrected chi connectivity index (χ1v) is 8.34. The largest absolute Gasteiger partial charge is 0.361 e. The van der Waals surface area contributed by atoms with Crippen molar-refractivity contribution in [2.75, 3.05) is 5.32 Å². The van der Waals surface area contributed by atoms with E-state index in [1.54, 1.807) is 30.6 Å². The van der Waals surface area contributed by atoms with Crippen LogP contribution in [0, 0.1) is 13.8 Å². The zero-order chi connectivity index (χ0) is 16.9. The zero-order valence-electron chi connectivity index (χ0n) is 13.3. The van der Waals surface area contributed by atoms with E-state index in [-0.39, 0.29) is 5.91 Å². The molecule has 0 aliphatic heterocycles. The molecule has 3 heterocycles. The number of carbonyl (C=O) groups excluding carboxylic acids is 1. The molecule has 7 heteroatoms. The van der Waals surface area contributed by atoms with Gasteiger partial charge in [0.1, 0.15) is 16.6 Å². The van der Waals surface area contributed by atoms with Crippen molar-refractivity contribution in [2.24, 2.45) is 0 Å². The van der Waals surface area contributed by atoms with Crippen LogP contribution in [0.15, 0.2) is 52.3 Å². The van der Waals surface area contributed by atoms with Gasteiger partial charge in [0.05, 0.1) is 11.3 Å². The summed E-state index contributed by atoms with van der Waals surface area (Å²) in [6, 6.07) is 9.02. The third kappa shape index (κ3) is 3.99. The molecule has 0 aromatic carbocycles. The van der Waals surface area contributed by atoms with E-state index in [0.717, 1.165) is 17.0 Å². The minimum absolute atomic E-state index is 0.238. The number of nitrogens with one attached hydrogen (secondary N) is 1. The van der Waals surface area contributed by atoms with Gasteiger partial charge >= 0.3 is 0 Å². The number of nitrogens with zero attached hydrogens (tertiary/aromatic N) is 3. The second kappa shape index (κ2) is 7.27. The van der Waals surface area contributed by atoms with Crippen LogP contribution >= 0.6 is 11.8 Å². The number of amides is 1. The number of rotatable bonds is 5. The first kappa shape index (κ1) is 16.2. The Kier molecular flexibility index (Phi) is 4.90. The predicted octanol–water partition coefficient (Wildman–Crippen LogP) is 3.63. The van der Waals surface area contributed by atoms with Gasteiger partial charge in [0.25, 0.3) is 5.91 Å². The summed E-state index contributed by atoms with van der Waals surface area (Å²) in [5.74, 6) is 1.61. The molecular weight excluding hydrogens is 324 g/mol. The number of carbonyl (C=O) groups is 1. The molecule has 0 atom stereocenters. The van der Waals surface area contributed by atoms with Crippen molar-refractivity contribution in [2.45, 2.75) is 24.6 Å². The summed E-state index contributed by atoms with van der Waals surface area (Å²) in [7, 11) is 0. The summed E-state index contributed by atoms with van der Waals surface area (Å²) < 4.78 is 5.05. The van der Waals surface area contributed by atoms with E-state index in [9.17, 15) is 4.79 Å². The number of pyridine rings is 2. The Labute approximate surface area is 143 Å². The van der Waals surface area contributed by atoms with Crippen LogP contribution in [0.2, 0.25) is 0 Å². The highest BCUT2D eigenvalue weighted by Crippen LogP contribution is 2.24. The minimum atomic E-state index is -0.238. The molecule has 24 heavy (non-hydrogen) atoms. The van der Waals surface area contributed by atoms with Crippen LogP contribution in [0.25, 0.3) is 0 Å². The fourth-order valence-electron chi connectivity index (χ4n) is 2.03. The Bertz CT molecular complexity index is 846. The second-order valence-electron chi connectivity index (χ2n) is 5.25. The number of hydrogen-bond donors (Lipinski definition) is 1. The first-order chi connectivity index (χ1) is 11.6. The molecule has 0 aliphatic rings. The molecule has 0 fully saturated rings. The van der Waals surface area contributed by atoms with Crippen molar-refractivity contribution in [1.82, 2.24) is 15.1 Å². The van der Waals surface area contributed by atoms with Gasteiger partial charge in [-0.1, -0.05) is 23.0 Å². The van der Waals surface area contributed by atoms with Crippen LogP contribution in [-0.4, -0.2) is 21.0 Å². The quantitative estimate of drug-likeness (QED) is 0.714. The van der Waals surface area contributed by atoms with Gasteiger partial charge < -0.3 is 9.84 Å². The van der Waals surface area contributed by atoms with E-state index in [1.807, 2.05) is 26.0 Å². The van der Waals surface area contributed by atoms with Crippen LogP contribution < -0.4 is 5.32 Å². The summed E-state index contributed by atoms with van der Waals surface area (Å²) in [5, 5.41) is 7.38. The Morgan fingerprint density at radius 3 is 2.83 bits per heavy atom. The van der Waals surface area contributed by atoms with Crippen molar-refractivity contribution in [1.29, 1.82) is 0 Å². The molecule has 0 saturated carbocycles. The summed E-state index contributed by atoms with van der Waals surface area (Å²) in [5.41, 5.74) is 2.35. The smallest absolute Gasteiger partial charge is 0.259 e. The van der Waals surface area contributed by atoms with Gasteiger partial charge in [0, 0.05) is 24.2 Å². The summed E-state index contributed by atoms with van der Waals surface area (Å²) in [4.78, 5) is 21.0. The molecule has 0 spiro atoms. The molecule has 0 unspecified atom stereocenters. The molecule has 122 valence electrons. The van der Waals surface area contributed by atoms with Crippen LogP contribution in [0.3, 0.4) is 0 Å². The van der Waals surface area contributed by atoms with Crippen LogP contribution in [0.5, 0.6) is 0 Å². The van der Waals surface area contributed by atoms with Gasteiger partial charge in [-0.15, -0.1) is 0 Å². The molecule has 3 aromatic rings. The standard InChI is InChI=1S/C17H16N4O2S/c1-11-5-6-15(19-9-11)20-16(22)14-4-3-7-18-17(14)24-10-13-8-12(2)23-21-13/h3-9H,10H2,1-2H3,(H,19,20,22). The second-order valence-corrected chi connectivity index (χ2v) is 6.21. The van der Waals surface area contributed by atoms with Gasteiger partial charge in [-0.05, 0) is 37.6 Å². The summed E-state index contributed by atoms with van der Waals surface area (Å²) in [6.07, 6.45) is 3.37. The topological polar surface area (TPSA) is 80.9 Å². The van der Waals surface area contributed by atoms with E-state index in [4.69, 9.17) is 4.52 Å². The lowest BCUT2D eigenvalue weighted by atomic mass is 10.2. The number of thioether (sulfide) groups is 1. The molecule has 6 nitrogen and oxygen atoms in total. The Hall–Kier alpha value is -2.67. The third-order valence-electron chi connectivity index (χ3n) is 3.20. The first-order valence-electron chi connectivity index (χ1n) is 7.36. The molecule has 3 aromatic heterocycles. The highest BCUT2D eigenvalue weighted by atomic mass is 32.2. The van der Waals surface area contributed by atoms with Crippen molar-refractivity contribution in [3.8, 4) is 0 Å². The average molecular weight is 340 g/mol. The van der Waals surface area contributed by atoms with E-state index >= 15 is 0 Å². The molecule has 0 radical (unpaired) electrons. The molecule has 0 bridgehead atoms. The molecule has 0 saturated heterocycles. The van der Waals surface area contributed by atoms with Crippen LogP contribution in [0.1, 0.15) is 27.4 Å². The lowest BCUT2D eigenvalue weighted by Crippen LogP contribution is -2.14. The molecule has 1 amide bonds. The highest BCUT2D eigenvalue weighted by Gasteiger charge is 2.14. The maximum absolute atomic E-state index is 12.5. The van der Waals surface area contributed by atoms with E-state index in [1.165, 1.54) is 11.8 Å². The number of hydrogen-bond acceptors (Lipinski definition) is 6. The Morgan fingerprint density at radius 2 is 2.12 bits per heavy atom. The maximum atomic E-state index is 12.5. The number of aromatic nitrogens is 3. The molecular formula is C17H16N4O2S. The van der Waals surface area contributed by atoms with Crippen molar-refractivity contribution >= 4 is 23.5 Å². The van der Waals surface area contributed by atoms with Crippen LogP contribution in [0.4, 0.5) is 5.82 Å². The summed E-state index contributed by atoms with van der Waals surface area (Å²) in [6.45, 7) is 3.79. The van der Waals surface area contributed by atoms with Gasteiger partial charge in [0.15, 0.2) is 0 Å². The third-order valence-corrected chi connectivity index (χ3v) is 4.24. The maximum Gasteiger partial charge on any atom is 0.259 e. The zero-order valence-corrected chi connectivity index (χ0v) is 14.1. The van der Waals surface area contributed by atoms with Gasteiger partial charge in [-0.2, -0.15) is 0 Å². The average Bonchev–Trinajstić information content (AvgIpc) is 3.01. The van der Waals surface area contributed by atoms with Crippen molar-refractivity contribution in [3.63, 3.8) is 0 Å². The van der Waals surface area contributed by atoms with Gasteiger partial charge in [-0.3, -0.25) is 4.79 Å². The number of aryl methyl sites for hydroxylation is 2. The van der Waals surface area contributed by atoms with Crippen LogP contribution in [-0.2, 0) is 5.75 Å².